The highest BCUT2D eigenvalue weighted by atomic mass is 127. The highest BCUT2D eigenvalue weighted by molar-refractivity contribution is 14.0. The third-order valence-corrected chi connectivity index (χ3v) is 4.54. The molecule has 0 saturated heterocycles. The molecule has 0 fully saturated rings. The second-order valence-electron chi connectivity index (χ2n) is 7.53. The van der Waals surface area contributed by atoms with E-state index in [-0.39, 0.29) is 29.4 Å². The fourth-order valence-electron chi connectivity index (χ4n) is 2.62. The topological polar surface area (TPSA) is 68.0 Å². The van der Waals surface area contributed by atoms with Gasteiger partial charge in [-0.2, -0.15) is 0 Å². The van der Waals surface area contributed by atoms with E-state index in [4.69, 9.17) is 18.9 Å². The minimum Gasteiger partial charge on any atom is -0.497 e. The molecule has 0 aliphatic carbocycles. The maximum Gasteiger partial charge on any atom is 0.191 e. The largest absolute Gasteiger partial charge is 0.497 e. The lowest BCUT2D eigenvalue weighted by molar-refractivity contribution is 0.153. The summed E-state index contributed by atoms with van der Waals surface area (Å²) in [6, 6.07) is 11.9. The number of aliphatic imine (C=N–C) groups is 1. The van der Waals surface area contributed by atoms with Crippen molar-refractivity contribution in [1.29, 1.82) is 0 Å². The van der Waals surface area contributed by atoms with Crippen molar-refractivity contribution in [2.24, 2.45) is 10.4 Å². The van der Waals surface area contributed by atoms with Gasteiger partial charge in [0.1, 0.15) is 11.5 Å². The Hall–Kier alpha value is -1.74. The zero-order valence-corrected chi connectivity index (χ0v) is 20.2. The van der Waals surface area contributed by atoms with Crippen LogP contribution in [0.25, 0.3) is 0 Å². The van der Waals surface area contributed by atoms with Crippen molar-refractivity contribution in [2.45, 2.75) is 33.2 Å². The molecule has 1 aromatic carbocycles. The first-order chi connectivity index (χ1) is 13.5. The second-order valence-corrected chi connectivity index (χ2v) is 7.53. The Morgan fingerprint density at radius 3 is 2.48 bits per heavy atom. The minimum atomic E-state index is 0. The van der Waals surface area contributed by atoms with Gasteiger partial charge in [-0.3, -0.25) is 0 Å². The van der Waals surface area contributed by atoms with Crippen molar-refractivity contribution in [3.63, 3.8) is 0 Å². The van der Waals surface area contributed by atoms with Crippen LogP contribution >= 0.6 is 24.0 Å². The molecule has 0 atom stereocenters. The Morgan fingerprint density at radius 2 is 1.86 bits per heavy atom. The number of nitrogens with zero attached hydrogens (tertiary/aromatic N) is 1. The van der Waals surface area contributed by atoms with Gasteiger partial charge in [0.25, 0.3) is 0 Å². The predicted molar refractivity (Wildman–Crippen MR) is 128 cm³/mol. The van der Waals surface area contributed by atoms with E-state index in [1.165, 1.54) is 0 Å². The fraction of sp³-hybridized carbons (Fsp3) is 0.500. The molecule has 7 heteroatoms. The SMILES string of the molecule is COCCC(C)(C)CNC(=NCc1ccc(OC)cc1)NCCc1ccco1.I. The Kier molecular flexibility index (Phi) is 11.8. The van der Waals surface area contributed by atoms with E-state index in [9.17, 15) is 0 Å². The van der Waals surface area contributed by atoms with Crippen LogP contribution < -0.4 is 15.4 Å². The van der Waals surface area contributed by atoms with E-state index in [0.29, 0.717) is 6.54 Å². The van der Waals surface area contributed by atoms with Gasteiger partial charge in [-0.15, -0.1) is 24.0 Å². The fourth-order valence-corrected chi connectivity index (χ4v) is 2.62. The molecule has 0 spiro atoms. The van der Waals surface area contributed by atoms with E-state index >= 15 is 0 Å². The van der Waals surface area contributed by atoms with Gasteiger partial charge in [0, 0.05) is 33.2 Å². The Labute approximate surface area is 191 Å². The summed E-state index contributed by atoms with van der Waals surface area (Å²) < 4.78 is 15.8. The zero-order chi connectivity index (χ0) is 20.2. The predicted octanol–water partition coefficient (Wildman–Crippen LogP) is 4.25. The molecule has 0 saturated carbocycles. The molecule has 0 bridgehead atoms. The molecule has 0 aliphatic rings. The van der Waals surface area contributed by atoms with E-state index in [0.717, 1.165) is 55.6 Å². The summed E-state index contributed by atoms with van der Waals surface area (Å²) in [5.74, 6) is 2.61. The number of hydrogen-bond acceptors (Lipinski definition) is 4. The monoisotopic (exact) mass is 515 g/mol. The molecule has 2 rings (SSSR count). The van der Waals surface area contributed by atoms with Gasteiger partial charge < -0.3 is 24.5 Å². The molecule has 2 aromatic rings. The summed E-state index contributed by atoms with van der Waals surface area (Å²) in [6.45, 7) is 7.36. The minimum absolute atomic E-state index is 0. The highest BCUT2D eigenvalue weighted by Crippen LogP contribution is 2.18. The van der Waals surface area contributed by atoms with Crippen molar-refractivity contribution in [3.05, 3.63) is 54.0 Å². The summed E-state index contributed by atoms with van der Waals surface area (Å²) in [6.07, 6.45) is 3.49. The molecular weight excluding hydrogens is 481 g/mol. The van der Waals surface area contributed by atoms with Gasteiger partial charge in [0.2, 0.25) is 0 Å². The number of furan rings is 1. The molecule has 0 aliphatic heterocycles. The van der Waals surface area contributed by atoms with Crippen molar-refractivity contribution in [1.82, 2.24) is 10.6 Å². The normalized spacial score (nSPS) is 11.7. The average molecular weight is 515 g/mol. The smallest absolute Gasteiger partial charge is 0.191 e. The summed E-state index contributed by atoms with van der Waals surface area (Å²) in [7, 11) is 3.41. The van der Waals surface area contributed by atoms with Crippen molar-refractivity contribution in [3.8, 4) is 5.75 Å². The van der Waals surface area contributed by atoms with Crippen LogP contribution in [-0.4, -0.2) is 39.9 Å². The summed E-state index contributed by atoms with van der Waals surface area (Å²) in [5.41, 5.74) is 1.24. The van der Waals surface area contributed by atoms with E-state index in [1.54, 1.807) is 20.5 Å². The first-order valence-corrected chi connectivity index (χ1v) is 9.69. The third-order valence-electron chi connectivity index (χ3n) is 4.54. The van der Waals surface area contributed by atoms with Gasteiger partial charge in [-0.25, -0.2) is 4.99 Å². The van der Waals surface area contributed by atoms with Crippen LogP contribution in [-0.2, 0) is 17.7 Å². The first kappa shape index (κ1) is 25.3. The number of hydrogen-bond donors (Lipinski definition) is 2. The number of guanidine groups is 1. The van der Waals surface area contributed by atoms with Crippen molar-refractivity contribution in [2.75, 3.05) is 33.9 Å². The maximum absolute atomic E-state index is 5.40. The lowest BCUT2D eigenvalue weighted by Gasteiger charge is -2.26. The lowest BCUT2D eigenvalue weighted by atomic mass is 9.90. The number of rotatable bonds is 11. The number of halogens is 1. The van der Waals surface area contributed by atoms with Crippen LogP contribution in [0, 0.1) is 5.41 Å². The summed E-state index contributed by atoms with van der Waals surface area (Å²) in [4.78, 5) is 4.74. The molecule has 6 nitrogen and oxygen atoms in total. The van der Waals surface area contributed by atoms with E-state index < -0.39 is 0 Å². The number of methoxy groups -OCH3 is 2. The molecule has 1 aromatic heterocycles. The second kappa shape index (κ2) is 13.5. The van der Waals surface area contributed by atoms with Gasteiger partial charge in [-0.05, 0) is 41.7 Å². The Bertz CT molecular complexity index is 701. The number of benzene rings is 1. The first-order valence-electron chi connectivity index (χ1n) is 9.69. The molecule has 0 unspecified atom stereocenters. The van der Waals surface area contributed by atoms with Gasteiger partial charge in [0.05, 0.1) is 19.9 Å². The Balaban J connectivity index is 0.00000420. The van der Waals surface area contributed by atoms with Gasteiger partial charge >= 0.3 is 0 Å². The highest BCUT2D eigenvalue weighted by Gasteiger charge is 2.18. The van der Waals surface area contributed by atoms with E-state index in [1.807, 2.05) is 36.4 Å². The molecule has 0 radical (unpaired) electrons. The van der Waals surface area contributed by atoms with Crippen LogP contribution in [0.3, 0.4) is 0 Å². The van der Waals surface area contributed by atoms with Crippen LogP contribution in [0.5, 0.6) is 5.75 Å². The third kappa shape index (κ3) is 10.0. The summed E-state index contributed by atoms with van der Waals surface area (Å²) in [5, 5.41) is 6.87. The number of ether oxygens (including phenoxy) is 2. The van der Waals surface area contributed by atoms with Crippen LogP contribution in [0.4, 0.5) is 0 Å². The van der Waals surface area contributed by atoms with Gasteiger partial charge in [-0.1, -0.05) is 26.0 Å². The lowest BCUT2D eigenvalue weighted by Crippen LogP contribution is -2.43. The average Bonchev–Trinajstić information content (AvgIpc) is 3.22. The van der Waals surface area contributed by atoms with Crippen LogP contribution in [0.15, 0.2) is 52.1 Å². The Morgan fingerprint density at radius 1 is 1.10 bits per heavy atom. The maximum atomic E-state index is 5.40. The molecule has 0 amide bonds. The quantitative estimate of drug-likeness (QED) is 0.266. The molecule has 162 valence electrons. The molecule has 29 heavy (non-hydrogen) atoms. The van der Waals surface area contributed by atoms with Gasteiger partial charge in [0.15, 0.2) is 5.96 Å². The zero-order valence-electron chi connectivity index (χ0n) is 17.9. The van der Waals surface area contributed by atoms with Crippen molar-refractivity contribution < 1.29 is 13.9 Å². The number of nitrogens with one attached hydrogen (secondary N) is 2. The summed E-state index contributed by atoms with van der Waals surface area (Å²) >= 11 is 0. The van der Waals surface area contributed by atoms with Crippen molar-refractivity contribution >= 4 is 29.9 Å². The molecular formula is C22H34IN3O3. The molecule has 2 N–H and O–H groups in total. The van der Waals surface area contributed by atoms with E-state index in [2.05, 4.69) is 24.5 Å². The molecule has 1 heterocycles. The standard InChI is InChI=1S/C22H33N3O3.HI/c1-22(2,12-15-26-3)17-25-21(23-13-11-20-6-5-14-28-20)24-16-18-7-9-19(27-4)10-8-18;/h5-10,14H,11-13,15-17H2,1-4H3,(H2,23,24,25);1H. The van der Waals surface area contributed by atoms with Crippen LogP contribution in [0.2, 0.25) is 0 Å². The van der Waals surface area contributed by atoms with Crippen LogP contribution in [0.1, 0.15) is 31.6 Å².